The summed E-state index contributed by atoms with van der Waals surface area (Å²) in [6.07, 6.45) is 5.29. The molecule has 0 saturated heterocycles. The van der Waals surface area contributed by atoms with Crippen LogP contribution in [0.4, 0.5) is 0 Å². The highest BCUT2D eigenvalue weighted by molar-refractivity contribution is 4.80. The van der Waals surface area contributed by atoms with Crippen LogP contribution in [0.15, 0.2) is 0 Å². The molecule has 1 aliphatic carbocycles. The minimum absolute atomic E-state index is 0.411. The summed E-state index contributed by atoms with van der Waals surface area (Å²) in [5, 5.41) is 0. The Morgan fingerprint density at radius 1 is 1.36 bits per heavy atom. The largest absolute Gasteiger partial charge is 0.328 e. The number of nitrogens with two attached hydrogens (primary N) is 1. The van der Waals surface area contributed by atoms with E-state index in [-0.39, 0.29) is 0 Å². The van der Waals surface area contributed by atoms with Gasteiger partial charge in [-0.2, -0.15) is 0 Å². The van der Waals surface area contributed by atoms with Crippen molar-refractivity contribution in [2.24, 2.45) is 17.1 Å². The zero-order valence-electron chi connectivity index (χ0n) is 8.06. The van der Waals surface area contributed by atoms with E-state index in [1.54, 1.807) is 0 Å². The van der Waals surface area contributed by atoms with E-state index in [4.69, 9.17) is 5.73 Å². The second-order valence-electron chi connectivity index (χ2n) is 5.20. The lowest BCUT2D eigenvalue weighted by molar-refractivity contribution is 0.325. The van der Waals surface area contributed by atoms with E-state index in [1.165, 1.54) is 25.7 Å². The van der Waals surface area contributed by atoms with E-state index in [9.17, 15) is 0 Å². The van der Waals surface area contributed by atoms with Crippen molar-refractivity contribution in [3.8, 4) is 0 Å². The lowest BCUT2D eigenvalue weighted by atomic mass is 9.87. The van der Waals surface area contributed by atoms with Crippen LogP contribution in [0.3, 0.4) is 0 Å². The maximum atomic E-state index is 6.00. The second-order valence-corrected chi connectivity index (χ2v) is 5.20. The molecule has 66 valence electrons. The summed E-state index contributed by atoms with van der Waals surface area (Å²) >= 11 is 0. The normalized spacial score (nSPS) is 21.8. The topological polar surface area (TPSA) is 26.0 Å². The molecule has 0 radical (unpaired) electrons. The van der Waals surface area contributed by atoms with Crippen LogP contribution < -0.4 is 5.73 Å². The fourth-order valence-corrected chi connectivity index (χ4v) is 1.65. The molecule has 1 unspecified atom stereocenters. The van der Waals surface area contributed by atoms with E-state index in [1.807, 2.05) is 0 Å². The molecule has 0 aromatic rings. The zero-order valence-corrected chi connectivity index (χ0v) is 8.06. The highest BCUT2D eigenvalue weighted by Crippen LogP contribution is 2.35. The predicted octanol–water partition coefficient (Wildman–Crippen LogP) is 2.55. The van der Waals surface area contributed by atoms with Gasteiger partial charge >= 0.3 is 0 Å². The van der Waals surface area contributed by atoms with Gasteiger partial charge in [0.25, 0.3) is 0 Å². The van der Waals surface area contributed by atoms with E-state index in [0.717, 1.165) is 5.92 Å². The molecule has 0 heterocycles. The lowest BCUT2D eigenvalue weighted by Gasteiger charge is -2.22. The third-order valence-electron chi connectivity index (χ3n) is 2.21. The van der Waals surface area contributed by atoms with Gasteiger partial charge in [0.05, 0.1) is 0 Å². The van der Waals surface area contributed by atoms with Crippen molar-refractivity contribution in [2.45, 2.75) is 52.5 Å². The smallest absolute Gasteiger partial charge is 0.00464 e. The fraction of sp³-hybridized carbons (Fsp3) is 1.00. The van der Waals surface area contributed by atoms with Gasteiger partial charge in [-0.25, -0.2) is 0 Å². The molecule has 0 bridgehead atoms. The van der Waals surface area contributed by atoms with Gasteiger partial charge in [0.15, 0.2) is 0 Å². The standard InChI is InChI=1S/C10H21N/c1-10(2,3)7-9(11)6-8-4-5-8/h8-9H,4-7,11H2,1-3H3. The Labute approximate surface area is 70.4 Å². The van der Waals surface area contributed by atoms with E-state index in [0.29, 0.717) is 11.5 Å². The third kappa shape index (κ3) is 4.41. The van der Waals surface area contributed by atoms with Crippen molar-refractivity contribution in [1.29, 1.82) is 0 Å². The number of hydrogen-bond donors (Lipinski definition) is 1. The van der Waals surface area contributed by atoms with Crippen LogP contribution in [-0.4, -0.2) is 6.04 Å². The Bertz CT molecular complexity index is 119. The van der Waals surface area contributed by atoms with Gasteiger partial charge < -0.3 is 5.73 Å². The van der Waals surface area contributed by atoms with Crippen molar-refractivity contribution in [3.63, 3.8) is 0 Å². The first-order chi connectivity index (χ1) is 4.97. The van der Waals surface area contributed by atoms with Crippen LogP contribution >= 0.6 is 0 Å². The molecule has 1 fully saturated rings. The highest BCUT2D eigenvalue weighted by atomic mass is 14.6. The summed E-state index contributed by atoms with van der Waals surface area (Å²) in [5.41, 5.74) is 6.41. The highest BCUT2D eigenvalue weighted by Gasteiger charge is 2.25. The Morgan fingerprint density at radius 2 is 1.91 bits per heavy atom. The van der Waals surface area contributed by atoms with Crippen LogP contribution in [0.5, 0.6) is 0 Å². The van der Waals surface area contributed by atoms with Crippen molar-refractivity contribution in [1.82, 2.24) is 0 Å². The van der Waals surface area contributed by atoms with Gasteiger partial charge in [0.2, 0.25) is 0 Å². The van der Waals surface area contributed by atoms with Crippen molar-refractivity contribution in [2.75, 3.05) is 0 Å². The average molecular weight is 155 g/mol. The molecule has 2 N–H and O–H groups in total. The summed E-state index contributed by atoms with van der Waals surface area (Å²) < 4.78 is 0. The molecular weight excluding hydrogens is 134 g/mol. The molecule has 0 aliphatic heterocycles. The lowest BCUT2D eigenvalue weighted by Crippen LogP contribution is -2.26. The Hall–Kier alpha value is -0.0400. The Balaban J connectivity index is 2.13. The minimum Gasteiger partial charge on any atom is -0.328 e. The average Bonchev–Trinajstić information content (AvgIpc) is 2.42. The summed E-state index contributed by atoms with van der Waals surface area (Å²) in [4.78, 5) is 0. The first-order valence-corrected chi connectivity index (χ1v) is 4.73. The molecule has 11 heavy (non-hydrogen) atoms. The summed E-state index contributed by atoms with van der Waals surface area (Å²) in [6.45, 7) is 6.79. The molecule has 0 aromatic heterocycles. The zero-order chi connectivity index (χ0) is 8.48. The maximum absolute atomic E-state index is 6.00. The molecule has 1 atom stereocenters. The Morgan fingerprint density at radius 3 is 2.27 bits per heavy atom. The third-order valence-corrected chi connectivity index (χ3v) is 2.21. The molecule has 0 aromatic carbocycles. The van der Waals surface area contributed by atoms with Crippen LogP contribution in [0.25, 0.3) is 0 Å². The second kappa shape index (κ2) is 3.14. The van der Waals surface area contributed by atoms with Gasteiger partial charge in [-0.05, 0) is 24.2 Å². The van der Waals surface area contributed by atoms with Gasteiger partial charge in [-0.15, -0.1) is 0 Å². The van der Waals surface area contributed by atoms with Crippen LogP contribution in [0.1, 0.15) is 46.5 Å². The Kier molecular flexibility index (Phi) is 2.58. The van der Waals surface area contributed by atoms with E-state index in [2.05, 4.69) is 20.8 Å². The molecule has 1 aliphatic rings. The number of hydrogen-bond acceptors (Lipinski definition) is 1. The van der Waals surface area contributed by atoms with Crippen LogP contribution in [0, 0.1) is 11.3 Å². The fourth-order valence-electron chi connectivity index (χ4n) is 1.65. The monoisotopic (exact) mass is 155 g/mol. The molecular formula is C10H21N. The molecule has 0 spiro atoms. The predicted molar refractivity (Wildman–Crippen MR) is 49.4 cm³/mol. The molecule has 1 rings (SSSR count). The summed E-state index contributed by atoms with van der Waals surface area (Å²) in [6, 6.07) is 0.447. The van der Waals surface area contributed by atoms with Gasteiger partial charge in [0.1, 0.15) is 0 Å². The van der Waals surface area contributed by atoms with Crippen LogP contribution in [-0.2, 0) is 0 Å². The first kappa shape index (κ1) is 9.05. The van der Waals surface area contributed by atoms with E-state index < -0.39 is 0 Å². The van der Waals surface area contributed by atoms with Gasteiger partial charge in [-0.3, -0.25) is 0 Å². The quantitative estimate of drug-likeness (QED) is 0.666. The first-order valence-electron chi connectivity index (χ1n) is 4.73. The van der Waals surface area contributed by atoms with Crippen molar-refractivity contribution < 1.29 is 0 Å². The van der Waals surface area contributed by atoms with Crippen molar-refractivity contribution in [3.05, 3.63) is 0 Å². The summed E-state index contributed by atoms with van der Waals surface area (Å²) in [7, 11) is 0. The van der Waals surface area contributed by atoms with Gasteiger partial charge in [0, 0.05) is 6.04 Å². The molecule has 0 amide bonds. The van der Waals surface area contributed by atoms with Gasteiger partial charge in [-0.1, -0.05) is 33.6 Å². The number of rotatable bonds is 3. The minimum atomic E-state index is 0.411. The van der Waals surface area contributed by atoms with Crippen LogP contribution in [0.2, 0.25) is 0 Å². The SMILES string of the molecule is CC(C)(C)CC(N)CC1CC1. The molecule has 1 nitrogen and oxygen atoms in total. The van der Waals surface area contributed by atoms with Crippen molar-refractivity contribution >= 4 is 0 Å². The van der Waals surface area contributed by atoms with E-state index >= 15 is 0 Å². The molecule has 1 saturated carbocycles. The molecule has 1 heteroatoms. The summed E-state index contributed by atoms with van der Waals surface area (Å²) in [5.74, 6) is 0.979. The maximum Gasteiger partial charge on any atom is 0.00464 e.